The smallest absolute Gasteiger partial charge is 0.258 e. The molecule has 0 atom stereocenters. The fourth-order valence-electron chi connectivity index (χ4n) is 3.00. The zero-order chi connectivity index (χ0) is 21.3. The van der Waals surface area contributed by atoms with Gasteiger partial charge in [0.2, 0.25) is 0 Å². The van der Waals surface area contributed by atoms with Crippen molar-refractivity contribution in [2.24, 2.45) is 0 Å². The Morgan fingerprint density at radius 1 is 1.03 bits per heavy atom. The summed E-state index contributed by atoms with van der Waals surface area (Å²) in [7, 11) is 0. The van der Waals surface area contributed by atoms with Gasteiger partial charge in [-0.1, -0.05) is 41.4 Å². The minimum atomic E-state index is -0.385. The highest BCUT2D eigenvalue weighted by Crippen LogP contribution is 2.30. The van der Waals surface area contributed by atoms with Gasteiger partial charge in [-0.25, -0.2) is 4.98 Å². The van der Waals surface area contributed by atoms with Crippen LogP contribution in [0.2, 0.25) is 10.0 Å². The summed E-state index contributed by atoms with van der Waals surface area (Å²) < 4.78 is 0. The average Bonchev–Trinajstić information content (AvgIpc) is 3.13. The van der Waals surface area contributed by atoms with E-state index in [9.17, 15) is 4.79 Å². The zero-order valence-corrected chi connectivity index (χ0v) is 18.1. The molecular weight excluding hydrogens is 439 g/mol. The highest BCUT2D eigenvalue weighted by Gasteiger charge is 2.14. The number of fused-ring (bicyclic) bond motifs is 1. The Balaban J connectivity index is 1.52. The van der Waals surface area contributed by atoms with E-state index in [-0.39, 0.29) is 11.0 Å². The SMILES string of the molecule is Cc1ccc(C(=O)NC(=S)Nc2ccc(Cl)c(-c3nc4ccccc4[nH]3)c2)c(Cl)c1. The number of rotatable bonds is 3. The number of aromatic nitrogens is 2. The Hall–Kier alpha value is -2.93. The van der Waals surface area contributed by atoms with Crippen molar-refractivity contribution in [2.45, 2.75) is 6.92 Å². The molecule has 1 amide bonds. The average molecular weight is 455 g/mol. The molecule has 0 saturated carbocycles. The summed E-state index contributed by atoms with van der Waals surface area (Å²) in [5.41, 5.74) is 4.46. The molecular formula is C22H16Cl2N4OS. The van der Waals surface area contributed by atoms with Crippen LogP contribution in [0.25, 0.3) is 22.4 Å². The molecule has 4 aromatic rings. The van der Waals surface area contributed by atoms with Crippen molar-refractivity contribution >= 4 is 63.2 Å². The van der Waals surface area contributed by atoms with Gasteiger partial charge >= 0.3 is 0 Å². The molecule has 30 heavy (non-hydrogen) atoms. The van der Waals surface area contributed by atoms with Crippen LogP contribution in [0.5, 0.6) is 0 Å². The maximum absolute atomic E-state index is 12.5. The minimum absolute atomic E-state index is 0.148. The first kappa shape index (κ1) is 20.3. The molecule has 0 aliphatic heterocycles. The molecule has 0 unspecified atom stereocenters. The van der Waals surface area contributed by atoms with Crippen LogP contribution in [-0.2, 0) is 0 Å². The summed E-state index contributed by atoms with van der Waals surface area (Å²) in [6, 6.07) is 18.3. The minimum Gasteiger partial charge on any atom is -0.338 e. The van der Waals surface area contributed by atoms with Crippen LogP contribution >= 0.6 is 35.4 Å². The third-order valence-electron chi connectivity index (χ3n) is 4.47. The van der Waals surface area contributed by atoms with E-state index in [0.29, 0.717) is 32.7 Å². The quantitative estimate of drug-likeness (QED) is 0.333. The maximum Gasteiger partial charge on any atom is 0.258 e. The summed E-state index contributed by atoms with van der Waals surface area (Å²) in [5, 5.41) is 6.70. The number of carbonyl (C=O) groups is 1. The van der Waals surface area contributed by atoms with Crippen LogP contribution in [-0.4, -0.2) is 21.0 Å². The Bertz CT molecular complexity index is 1250. The summed E-state index contributed by atoms with van der Waals surface area (Å²) >= 11 is 17.8. The number of aromatic amines is 1. The number of hydrogen-bond donors (Lipinski definition) is 3. The Labute approximate surface area is 188 Å². The Kier molecular flexibility index (Phi) is 5.72. The van der Waals surface area contributed by atoms with Gasteiger partial charge in [-0.3, -0.25) is 10.1 Å². The Morgan fingerprint density at radius 3 is 2.60 bits per heavy atom. The lowest BCUT2D eigenvalue weighted by Gasteiger charge is -2.12. The molecule has 0 aliphatic carbocycles. The van der Waals surface area contributed by atoms with E-state index in [1.165, 1.54) is 0 Å². The topological polar surface area (TPSA) is 69.8 Å². The molecule has 5 nitrogen and oxygen atoms in total. The van der Waals surface area contributed by atoms with Crippen molar-refractivity contribution in [1.82, 2.24) is 15.3 Å². The number of nitrogens with one attached hydrogen (secondary N) is 3. The maximum atomic E-state index is 12.5. The number of thiocarbonyl (C=S) groups is 1. The molecule has 4 rings (SSSR count). The van der Waals surface area contributed by atoms with E-state index >= 15 is 0 Å². The van der Waals surface area contributed by atoms with Crippen molar-refractivity contribution in [2.75, 3.05) is 5.32 Å². The molecule has 0 bridgehead atoms. The van der Waals surface area contributed by atoms with E-state index in [4.69, 9.17) is 35.4 Å². The molecule has 0 saturated heterocycles. The fourth-order valence-corrected chi connectivity index (χ4v) is 3.74. The normalized spacial score (nSPS) is 10.8. The largest absolute Gasteiger partial charge is 0.338 e. The summed E-state index contributed by atoms with van der Waals surface area (Å²) in [5.74, 6) is 0.259. The van der Waals surface area contributed by atoms with Crippen LogP contribution < -0.4 is 10.6 Å². The number of H-pyrrole nitrogens is 1. The molecule has 0 spiro atoms. The van der Waals surface area contributed by atoms with Crippen LogP contribution in [0.1, 0.15) is 15.9 Å². The fraction of sp³-hybridized carbons (Fsp3) is 0.0455. The van der Waals surface area contributed by atoms with Gasteiger partial charge in [0.25, 0.3) is 5.91 Å². The number of anilines is 1. The molecule has 0 radical (unpaired) electrons. The number of imidazole rings is 1. The van der Waals surface area contributed by atoms with Crippen LogP contribution in [0.15, 0.2) is 60.7 Å². The standard InChI is InChI=1S/C22H16Cl2N4OS/c1-12-6-8-14(17(24)10-12)21(29)28-22(30)25-13-7-9-16(23)15(11-13)20-26-18-4-2-3-5-19(18)27-20/h2-11H,1H3,(H,26,27)(H2,25,28,29,30). The lowest BCUT2D eigenvalue weighted by Crippen LogP contribution is -2.34. The zero-order valence-electron chi connectivity index (χ0n) is 15.8. The monoisotopic (exact) mass is 454 g/mol. The van der Waals surface area contributed by atoms with E-state index in [1.807, 2.05) is 43.3 Å². The van der Waals surface area contributed by atoms with E-state index in [1.54, 1.807) is 24.3 Å². The lowest BCUT2D eigenvalue weighted by atomic mass is 10.1. The van der Waals surface area contributed by atoms with E-state index in [0.717, 1.165) is 16.6 Å². The molecule has 3 N–H and O–H groups in total. The molecule has 0 aliphatic rings. The number of carbonyl (C=O) groups excluding carboxylic acids is 1. The predicted molar refractivity (Wildman–Crippen MR) is 126 cm³/mol. The second-order valence-electron chi connectivity index (χ2n) is 6.69. The van der Waals surface area contributed by atoms with Gasteiger partial charge in [-0.2, -0.15) is 0 Å². The van der Waals surface area contributed by atoms with Crippen molar-refractivity contribution < 1.29 is 4.79 Å². The highest BCUT2D eigenvalue weighted by molar-refractivity contribution is 7.80. The number of halogens is 2. The second kappa shape index (κ2) is 8.44. The van der Waals surface area contributed by atoms with Gasteiger partial charge in [0, 0.05) is 11.3 Å². The highest BCUT2D eigenvalue weighted by atomic mass is 35.5. The van der Waals surface area contributed by atoms with Gasteiger partial charge in [-0.15, -0.1) is 0 Å². The molecule has 1 heterocycles. The summed E-state index contributed by atoms with van der Waals surface area (Å²) in [6.07, 6.45) is 0. The number of benzene rings is 3. The third-order valence-corrected chi connectivity index (χ3v) is 5.31. The Morgan fingerprint density at radius 2 is 1.83 bits per heavy atom. The summed E-state index contributed by atoms with van der Waals surface area (Å²) in [4.78, 5) is 20.3. The number of hydrogen-bond acceptors (Lipinski definition) is 3. The molecule has 8 heteroatoms. The number of aryl methyl sites for hydroxylation is 1. The third kappa shape index (κ3) is 4.31. The molecule has 1 aromatic heterocycles. The first-order valence-electron chi connectivity index (χ1n) is 9.04. The molecule has 150 valence electrons. The van der Waals surface area contributed by atoms with Gasteiger partial charge in [-0.05, 0) is 67.2 Å². The van der Waals surface area contributed by atoms with E-state index in [2.05, 4.69) is 20.6 Å². The van der Waals surface area contributed by atoms with Gasteiger partial charge < -0.3 is 10.3 Å². The number of amides is 1. The summed E-state index contributed by atoms with van der Waals surface area (Å²) in [6.45, 7) is 1.90. The van der Waals surface area contributed by atoms with Gasteiger partial charge in [0.1, 0.15) is 5.82 Å². The number of nitrogens with zero attached hydrogens (tertiary/aromatic N) is 1. The van der Waals surface area contributed by atoms with Crippen molar-refractivity contribution in [1.29, 1.82) is 0 Å². The van der Waals surface area contributed by atoms with Crippen LogP contribution in [0.4, 0.5) is 5.69 Å². The lowest BCUT2D eigenvalue weighted by molar-refractivity contribution is 0.0978. The second-order valence-corrected chi connectivity index (χ2v) is 7.91. The molecule has 0 fully saturated rings. The predicted octanol–water partition coefficient (Wildman–Crippen LogP) is 5.97. The van der Waals surface area contributed by atoms with Crippen molar-refractivity contribution in [3.05, 3.63) is 81.8 Å². The first-order valence-corrected chi connectivity index (χ1v) is 10.2. The van der Waals surface area contributed by atoms with Crippen LogP contribution in [0.3, 0.4) is 0 Å². The first-order chi connectivity index (χ1) is 14.4. The van der Waals surface area contributed by atoms with Crippen molar-refractivity contribution in [3.63, 3.8) is 0 Å². The van der Waals surface area contributed by atoms with Gasteiger partial charge in [0.05, 0.1) is 26.6 Å². The molecule has 3 aromatic carbocycles. The number of para-hydroxylation sites is 2. The van der Waals surface area contributed by atoms with Crippen LogP contribution in [0, 0.1) is 6.92 Å². The van der Waals surface area contributed by atoms with Crippen molar-refractivity contribution in [3.8, 4) is 11.4 Å². The van der Waals surface area contributed by atoms with E-state index < -0.39 is 0 Å². The van der Waals surface area contributed by atoms with Gasteiger partial charge in [0.15, 0.2) is 5.11 Å².